The van der Waals surface area contributed by atoms with Gasteiger partial charge >= 0.3 is 5.51 Å². The van der Waals surface area contributed by atoms with E-state index in [0.29, 0.717) is 18.7 Å². The van der Waals surface area contributed by atoms with Gasteiger partial charge in [0.2, 0.25) is 0 Å². The number of piperidine rings is 1. The Kier molecular flexibility index (Phi) is 7.95. The number of amides is 1. The van der Waals surface area contributed by atoms with Crippen LogP contribution in [0.4, 0.5) is 13.2 Å². The second-order valence-electron chi connectivity index (χ2n) is 9.28. The van der Waals surface area contributed by atoms with Crippen molar-refractivity contribution in [1.82, 2.24) is 15.0 Å². The summed E-state index contributed by atoms with van der Waals surface area (Å²) >= 11 is -0.123. The van der Waals surface area contributed by atoms with Gasteiger partial charge in [-0.15, -0.1) is 0 Å². The molecule has 1 N–H and O–H groups in total. The van der Waals surface area contributed by atoms with Crippen molar-refractivity contribution in [3.8, 4) is 5.75 Å². The SMILES string of the molecule is O=C(NN1CCCCC1)c1ccc2c(c1)cc(COc1ccccc1)n2Cc1ccc(SC(F)(F)F)cc1. The van der Waals surface area contributed by atoms with Gasteiger partial charge in [0.25, 0.3) is 5.91 Å². The van der Waals surface area contributed by atoms with Gasteiger partial charge in [0.15, 0.2) is 0 Å². The third kappa shape index (κ3) is 6.71. The number of benzene rings is 3. The fraction of sp³-hybridized carbons (Fsp3) is 0.276. The number of carbonyl (C=O) groups is 1. The van der Waals surface area contributed by atoms with E-state index in [2.05, 4.69) is 9.99 Å². The summed E-state index contributed by atoms with van der Waals surface area (Å²) in [6.45, 7) is 2.46. The topological polar surface area (TPSA) is 46.5 Å². The molecule has 0 aliphatic carbocycles. The summed E-state index contributed by atoms with van der Waals surface area (Å²) in [4.78, 5) is 13.1. The van der Waals surface area contributed by atoms with E-state index in [9.17, 15) is 18.0 Å². The largest absolute Gasteiger partial charge is 0.487 e. The molecule has 1 fully saturated rings. The summed E-state index contributed by atoms with van der Waals surface area (Å²) in [7, 11) is 0. The van der Waals surface area contributed by atoms with Gasteiger partial charge in [-0.05, 0) is 78.7 Å². The number of rotatable bonds is 8. The molecule has 0 saturated carbocycles. The molecule has 4 aromatic rings. The Hall–Kier alpha value is -3.43. The average Bonchev–Trinajstić information content (AvgIpc) is 3.25. The van der Waals surface area contributed by atoms with E-state index in [1.807, 2.05) is 59.6 Å². The number of carbonyl (C=O) groups excluding carboxylic acids is 1. The van der Waals surface area contributed by atoms with Gasteiger partial charge in [-0.3, -0.25) is 10.2 Å². The zero-order chi connectivity index (χ0) is 26.5. The van der Waals surface area contributed by atoms with Crippen LogP contribution in [0.1, 0.15) is 40.9 Å². The van der Waals surface area contributed by atoms with E-state index >= 15 is 0 Å². The molecule has 1 amide bonds. The van der Waals surface area contributed by atoms with Crippen LogP contribution >= 0.6 is 11.8 Å². The molecule has 5 nitrogen and oxygen atoms in total. The molecule has 9 heteroatoms. The summed E-state index contributed by atoms with van der Waals surface area (Å²) in [6.07, 6.45) is 3.33. The van der Waals surface area contributed by atoms with Crippen molar-refractivity contribution in [2.75, 3.05) is 13.1 Å². The van der Waals surface area contributed by atoms with Crippen LogP contribution in [0, 0.1) is 0 Å². The number of hydrazine groups is 1. The normalized spacial score (nSPS) is 14.5. The van der Waals surface area contributed by atoms with Crippen molar-refractivity contribution < 1.29 is 22.7 Å². The van der Waals surface area contributed by atoms with Crippen LogP contribution in [-0.2, 0) is 13.2 Å². The number of fused-ring (bicyclic) bond motifs is 1. The maximum atomic E-state index is 12.9. The van der Waals surface area contributed by atoms with Gasteiger partial charge < -0.3 is 9.30 Å². The number of hydrogen-bond acceptors (Lipinski definition) is 4. The number of ether oxygens (including phenoxy) is 1. The average molecular weight is 540 g/mol. The first-order chi connectivity index (χ1) is 18.3. The molecular formula is C29H28F3N3O2S. The Morgan fingerprint density at radius 3 is 2.37 bits per heavy atom. The zero-order valence-corrected chi connectivity index (χ0v) is 21.5. The first-order valence-corrected chi connectivity index (χ1v) is 13.4. The first-order valence-electron chi connectivity index (χ1n) is 12.5. The highest BCUT2D eigenvalue weighted by atomic mass is 32.2. The van der Waals surface area contributed by atoms with Crippen molar-refractivity contribution in [3.63, 3.8) is 0 Å². The summed E-state index contributed by atoms with van der Waals surface area (Å²) in [5.74, 6) is 0.598. The molecule has 5 rings (SSSR count). The van der Waals surface area contributed by atoms with Crippen LogP contribution in [0.25, 0.3) is 10.9 Å². The minimum Gasteiger partial charge on any atom is -0.487 e. The molecule has 198 valence electrons. The fourth-order valence-electron chi connectivity index (χ4n) is 4.64. The highest BCUT2D eigenvalue weighted by molar-refractivity contribution is 8.00. The highest BCUT2D eigenvalue weighted by Crippen LogP contribution is 2.37. The number of alkyl halides is 3. The lowest BCUT2D eigenvalue weighted by atomic mass is 10.1. The van der Waals surface area contributed by atoms with Crippen LogP contribution < -0.4 is 10.2 Å². The quantitative estimate of drug-likeness (QED) is 0.245. The molecule has 1 aliphatic heterocycles. The maximum absolute atomic E-state index is 12.9. The van der Waals surface area contributed by atoms with E-state index in [-0.39, 0.29) is 22.6 Å². The van der Waals surface area contributed by atoms with E-state index in [4.69, 9.17) is 4.74 Å². The monoisotopic (exact) mass is 539 g/mol. The Morgan fingerprint density at radius 1 is 0.921 bits per heavy atom. The van der Waals surface area contributed by atoms with E-state index in [0.717, 1.165) is 53.8 Å². The number of para-hydroxylation sites is 1. The number of nitrogens with one attached hydrogen (secondary N) is 1. The Bertz CT molecular complexity index is 1380. The van der Waals surface area contributed by atoms with Crippen LogP contribution in [0.3, 0.4) is 0 Å². The van der Waals surface area contributed by atoms with Crippen molar-refractivity contribution in [1.29, 1.82) is 0 Å². The summed E-state index contributed by atoms with van der Waals surface area (Å²) in [6, 6.07) is 23.5. The Balaban J connectivity index is 1.41. The smallest absolute Gasteiger partial charge is 0.446 e. The Labute approximate surface area is 223 Å². The zero-order valence-electron chi connectivity index (χ0n) is 20.7. The molecule has 2 heterocycles. The molecule has 1 aliphatic rings. The molecule has 0 unspecified atom stereocenters. The molecule has 0 atom stereocenters. The van der Waals surface area contributed by atoms with Gasteiger partial charge in [0, 0.05) is 41.0 Å². The van der Waals surface area contributed by atoms with Gasteiger partial charge in [-0.25, -0.2) is 5.01 Å². The predicted molar refractivity (Wildman–Crippen MR) is 143 cm³/mol. The van der Waals surface area contributed by atoms with Crippen molar-refractivity contribution in [3.05, 3.63) is 95.7 Å². The van der Waals surface area contributed by atoms with Crippen LogP contribution in [0.2, 0.25) is 0 Å². The van der Waals surface area contributed by atoms with E-state index < -0.39 is 5.51 Å². The Morgan fingerprint density at radius 2 is 1.66 bits per heavy atom. The number of thioether (sulfide) groups is 1. The van der Waals surface area contributed by atoms with Crippen LogP contribution in [0.5, 0.6) is 5.75 Å². The van der Waals surface area contributed by atoms with E-state index in [1.165, 1.54) is 18.6 Å². The predicted octanol–water partition coefficient (Wildman–Crippen LogP) is 7.01. The van der Waals surface area contributed by atoms with Crippen molar-refractivity contribution in [2.45, 2.75) is 42.8 Å². The second kappa shape index (κ2) is 11.5. The summed E-state index contributed by atoms with van der Waals surface area (Å²) < 4.78 is 46.3. The lowest BCUT2D eigenvalue weighted by molar-refractivity contribution is -0.0328. The minimum absolute atomic E-state index is 0.123. The summed E-state index contributed by atoms with van der Waals surface area (Å²) in [5.41, 5.74) is 1.94. The van der Waals surface area contributed by atoms with Gasteiger partial charge in [0.1, 0.15) is 12.4 Å². The number of hydrogen-bond donors (Lipinski definition) is 1. The molecule has 38 heavy (non-hydrogen) atoms. The van der Waals surface area contributed by atoms with Crippen LogP contribution in [0.15, 0.2) is 83.8 Å². The molecule has 0 spiro atoms. The van der Waals surface area contributed by atoms with Gasteiger partial charge in [-0.1, -0.05) is 36.8 Å². The first kappa shape index (κ1) is 26.2. The third-order valence-electron chi connectivity index (χ3n) is 6.49. The van der Waals surface area contributed by atoms with Crippen molar-refractivity contribution >= 4 is 28.6 Å². The second-order valence-corrected chi connectivity index (χ2v) is 10.4. The lowest BCUT2D eigenvalue weighted by Gasteiger charge is -2.26. The molecule has 1 saturated heterocycles. The standard InChI is InChI=1S/C29H28F3N3O2S/c30-29(31,32)38-26-12-9-21(10-13-26)19-35-24(20-37-25-7-3-1-4-8-25)18-23-17-22(11-14-27(23)35)28(36)33-34-15-5-2-6-16-34/h1,3-4,7-14,17-18H,2,5-6,15-16,19-20H2,(H,33,36). The van der Waals surface area contributed by atoms with E-state index in [1.54, 1.807) is 12.1 Å². The maximum Gasteiger partial charge on any atom is 0.446 e. The fourth-order valence-corrected chi connectivity index (χ4v) is 5.18. The minimum atomic E-state index is -4.32. The third-order valence-corrected chi connectivity index (χ3v) is 7.23. The molecule has 0 bridgehead atoms. The molecule has 0 radical (unpaired) electrons. The lowest BCUT2D eigenvalue weighted by Crippen LogP contribution is -2.45. The summed E-state index contributed by atoms with van der Waals surface area (Å²) in [5, 5.41) is 2.87. The number of halogens is 3. The molecule has 1 aromatic heterocycles. The molecular weight excluding hydrogens is 511 g/mol. The van der Waals surface area contributed by atoms with Crippen molar-refractivity contribution in [2.24, 2.45) is 0 Å². The number of aromatic nitrogens is 1. The van der Waals surface area contributed by atoms with Gasteiger partial charge in [-0.2, -0.15) is 13.2 Å². The molecule has 3 aromatic carbocycles. The highest BCUT2D eigenvalue weighted by Gasteiger charge is 2.29. The van der Waals surface area contributed by atoms with Crippen LogP contribution in [-0.4, -0.2) is 34.1 Å². The number of nitrogens with zero attached hydrogens (tertiary/aromatic N) is 2. The van der Waals surface area contributed by atoms with Gasteiger partial charge in [0.05, 0.1) is 5.69 Å².